The number of carbonyl (C=O) groups is 2. The van der Waals surface area contributed by atoms with Crippen molar-refractivity contribution in [3.05, 3.63) is 40.6 Å². The van der Waals surface area contributed by atoms with Crippen molar-refractivity contribution < 1.29 is 19.1 Å². The van der Waals surface area contributed by atoms with Gasteiger partial charge in [-0.1, -0.05) is 0 Å². The van der Waals surface area contributed by atoms with Crippen molar-refractivity contribution in [1.82, 2.24) is 4.98 Å². The van der Waals surface area contributed by atoms with Gasteiger partial charge in [-0.2, -0.15) is 0 Å². The van der Waals surface area contributed by atoms with E-state index in [0.717, 1.165) is 21.1 Å². The van der Waals surface area contributed by atoms with E-state index in [2.05, 4.69) is 26.2 Å². The Morgan fingerprint density at radius 3 is 2.59 bits per heavy atom. The summed E-state index contributed by atoms with van der Waals surface area (Å²) in [6.07, 6.45) is 3.12. The normalized spacial score (nSPS) is 17.1. The Morgan fingerprint density at radius 1 is 1.23 bits per heavy atom. The number of ether oxygens (including phenoxy) is 2. The zero-order valence-electron chi connectivity index (χ0n) is 11.9. The molecule has 1 fully saturated rings. The minimum absolute atomic E-state index is 0.176. The van der Waals surface area contributed by atoms with Crippen LogP contribution in [-0.2, 0) is 19.1 Å². The van der Waals surface area contributed by atoms with Crippen molar-refractivity contribution in [2.75, 3.05) is 5.32 Å². The van der Waals surface area contributed by atoms with E-state index >= 15 is 0 Å². The van der Waals surface area contributed by atoms with Crippen molar-refractivity contribution in [2.45, 2.75) is 19.6 Å². The molecule has 0 bridgehead atoms. The molecule has 0 spiro atoms. The first-order valence-electron chi connectivity index (χ1n) is 6.56. The van der Waals surface area contributed by atoms with E-state index in [1.54, 1.807) is 0 Å². The van der Waals surface area contributed by atoms with E-state index in [-0.39, 0.29) is 5.57 Å². The van der Waals surface area contributed by atoms with Crippen LogP contribution in [0.4, 0.5) is 5.69 Å². The van der Waals surface area contributed by atoms with E-state index in [0.29, 0.717) is 0 Å². The molecule has 6 nitrogen and oxygen atoms in total. The van der Waals surface area contributed by atoms with Crippen LogP contribution >= 0.6 is 15.9 Å². The Hall–Kier alpha value is -2.28. The molecule has 2 aromatic rings. The second kappa shape index (κ2) is 5.17. The molecule has 3 rings (SSSR count). The molecule has 0 saturated carbocycles. The minimum Gasteiger partial charge on any atom is -0.419 e. The van der Waals surface area contributed by atoms with Crippen LogP contribution in [0.3, 0.4) is 0 Å². The van der Waals surface area contributed by atoms with Crippen LogP contribution in [0.2, 0.25) is 0 Å². The van der Waals surface area contributed by atoms with Crippen molar-refractivity contribution in [3.63, 3.8) is 0 Å². The molecule has 1 aromatic heterocycles. The number of halogens is 1. The first kappa shape index (κ1) is 14.6. The molecule has 2 N–H and O–H groups in total. The number of esters is 2. The zero-order valence-corrected chi connectivity index (χ0v) is 13.5. The SMILES string of the molecule is CC1(C)OC(=O)C(=CNc2cc(Br)c3[nH]ccc3c2)C(=O)O1. The fraction of sp³-hybridized carbons (Fsp3) is 0.200. The van der Waals surface area contributed by atoms with Crippen molar-refractivity contribution >= 4 is 44.5 Å². The molecule has 0 unspecified atom stereocenters. The van der Waals surface area contributed by atoms with Crippen LogP contribution in [-0.4, -0.2) is 22.7 Å². The fourth-order valence-electron chi connectivity index (χ4n) is 2.14. The number of carbonyl (C=O) groups excluding carboxylic acids is 2. The summed E-state index contributed by atoms with van der Waals surface area (Å²) in [6.45, 7) is 3.01. The van der Waals surface area contributed by atoms with E-state index in [4.69, 9.17) is 9.47 Å². The molecule has 22 heavy (non-hydrogen) atoms. The molecule has 1 aliphatic rings. The molecule has 2 heterocycles. The van der Waals surface area contributed by atoms with Gasteiger partial charge in [-0.3, -0.25) is 0 Å². The number of anilines is 1. The van der Waals surface area contributed by atoms with Gasteiger partial charge < -0.3 is 19.8 Å². The second-order valence-corrected chi connectivity index (χ2v) is 6.14. The molecule has 0 atom stereocenters. The maximum atomic E-state index is 11.8. The molecule has 0 aliphatic carbocycles. The molecule has 0 radical (unpaired) electrons. The van der Waals surface area contributed by atoms with Gasteiger partial charge >= 0.3 is 11.9 Å². The lowest BCUT2D eigenvalue weighted by molar-refractivity contribution is -0.222. The third-order valence-corrected chi connectivity index (χ3v) is 3.74. The lowest BCUT2D eigenvalue weighted by Crippen LogP contribution is -2.42. The summed E-state index contributed by atoms with van der Waals surface area (Å²) in [5.74, 6) is -2.66. The second-order valence-electron chi connectivity index (χ2n) is 5.28. The minimum atomic E-state index is -1.24. The maximum Gasteiger partial charge on any atom is 0.350 e. The number of aromatic amines is 1. The fourth-order valence-corrected chi connectivity index (χ4v) is 2.73. The van der Waals surface area contributed by atoms with Crippen LogP contribution in [0.15, 0.2) is 40.6 Å². The number of nitrogens with one attached hydrogen (secondary N) is 2. The van der Waals surface area contributed by atoms with Crippen molar-refractivity contribution in [3.8, 4) is 0 Å². The summed E-state index contributed by atoms with van der Waals surface area (Å²) in [7, 11) is 0. The van der Waals surface area contributed by atoms with Gasteiger partial charge in [0.2, 0.25) is 0 Å². The highest BCUT2D eigenvalue weighted by Gasteiger charge is 2.38. The van der Waals surface area contributed by atoms with E-state index in [1.165, 1.54) is 20.0 Å². The number of hydrogen-bond acceptors (Lipinski definition) is 5. The molecule has 7 heteroatoms. The Kier molecular flexibility index (Phi) is 3.44. The Balaban J connectivity index is 1.86. The Bertz CT molecular complexity index is 785. The highest BCUT2D eigenvalue weighted by molar-refractivity contribution is 9.10. The van der Waals surface area contributed by atoms with E-state index in [1.807, 2.05) is 24.4 Å². The summed E-state index contributed by atoms with van der Waals surface area (Å²) >= 11 is 3.46. The average molecular weight is 365 g/mol. The van der Waals surface area contributed by atoms with Gasteiger partial charge in [-0.15, -0.1) is 0 Å². The lowest BCUT2D eigenvalue weighted by atomic mass is 10.2. The summed E-state index contributed by atoms with van der Waals surface area (Å²) in [6, 6.07) is 5.64. The highest BCUT2D eigenvalue weighted by Crippen LogP contribution is 2.28. The molecular weight excluding hydrogens is 352 g/mol. The Morgan fingerprint density at radius 2 is 1.91 bits per heavy atom. The first-order chi connectivity index (χ1) is 10.4. The quantitative estimate of drug-likeness (QED) is 0.486. The summed E-state index contributed by atoms with van der Waals surface area (Å²) in [5, 5.41) is 3.91. The predicted molar refractivity (Wildman–Crippen MR) is 84.0 cm³/mol. The van der Waals surface area contributed by atoms with Crippen LogP contribution in [0.5, 0.6) is 0 Å². The third-order valence-electron chi connectivity index (χ3n) is 3.11. The lowest BCUT2D eigenvalue weighted by Gasteiger charge is -2.29. The van der Waals surface area contributed by atoms with Gasteiger partial charge in [0.25, 0.3) is 5.79 Å². The zero-order chi connectivity index (χ0) is 15.9. The van der Waals surface area contributed by atoms with Crippen molar-refractivity contribution in [2.24, 2.45) is 0 Å². The van der Waals surface area contributed by atoms with E-state index < -0.39 is 17.7 Å². The predicted octanol–water partition coefficient (Wildman–Crippen LogP) is 3.06. The average Bonchev–Trinajstić information content (AvgIpc) is 2.85. The molecule has 1 saturated heterocycles. The number of rotatable bonds is 2. The van der Waals surface area contributed by atoms with Gasteiger partial charge in [-0.25, -0.2) is 9.59 Å². The van der Waals surface area contributed by atoms with Gasteiger partial charge in [0.15, 0.2) is 5.57 Å². The summed E-state index contributed by atoms with van der Waals surface area (Å²) < 4.78 is 10.9. The largest absolute Gasteiger partial charge is 0.419 e. The van der Waals surface area contributed by atoms with Crippen LogP contribution in [0.25, 0.3) is 10.9 Å². The number of fused-ring (bicyclic) bond motifs is 1. The summed E-state index contributed by atoms with van der Waals surface area (Å²) in [4.78, 5) is 26.8. The number of benzene rings is 1. The van der Waals surface area contributed by atoms with E-state index in [9.17, 15) is 9.59 Å². The van der Waals surface area contributed by atoms with Gasteiger partial charge in [0, 0.05) is 41.8 Å². The highest BCUT2D eigenvalue weighted by atomic mass is 79.9. The standard InChI is InChI=1S/C15H13BrN2O4/c1-15(2)21-13(19)10(14(20)22-15)7-18-9-5-8-3-4-17-12(8)11(16)6-9/h3-7,17-18H,1-2H3. The molecule has 1 aliphatic heterocycles. The van der Waals surface area contributed by atoms with Crippen LogP contribution < -0.4 is 5.32 Å². The maximum absolute atomic E-state index is 11.8. The van der Waals surface area contributed by atoms with Crippen LogP contribution in [0.1, 0.15) is 13.8 Å². The number of cyclic esters (lactones) is 2. The Labute approximate surface area is 134 Å². The van der Waals surface area contributed by atoms with Gasteiger partial charge in [0.1, 0.15) is 0 Å². The number of hydrogen-bond donors (Lipinski definition) is 2. The number of H-pyrrole nitrogens is 1. The van der Waals surface area contributed by atoms with Crippen molar-refractivity contribution in [1.29, 1.82) is 0 Å². The molecule has 114 valence electrons. The van der Waals surface area contributed by atoms with Gasteiger partial charge in [0.05, 0.1) is 5.52 Å². The first-order valence-corrected chi connectivity index (χ1v) is 7.35. The number of aromatic nitrogens is 1. The van der Waals surface area contributed by atoms with Crippen LogP contribution in [0, 0.1) is 0 Å². The van der Waals surface area contributed by atoms with Gasteiger partial charge in [-0.05, 0) is 34.1 Å². The topological polar surface area (TPSA) is 80.4 Å². The third kappa shape index (κ3) is 2.71. The smallest absolute Gasteiger partial charge is 0.350 e. The monoisotopic (exact) mass is 364 g/mol. The molecule has 0 amide bonds. The molecule has 1 aromatic carbocycles. The molecular formula is C15H13BrN2O4. The summed E-state index contributed by atoms with van der Waals surface area (Å²) in [5.41, 5.74) is 1.51.